The highest BCUT2D eigenvalue weighted by Crippen LogP contribution is 2.36. The topological polar surface area (TPSA) is 23.5 Å². The van der Waals surface area contributed by atoms with Crippen LogP contribution in [0.2, 0.25) is 0 Å². The molecule has 0 aromatic rings. The van der Waals surface area contributed by atoms with Gasteiger partial charge in [0, 0.05) is 5.54 Å². The second-order valence-corrected chi connectivity index (χ2v) is 6.25. The summed E-state index contributed by atoms with van der Waals surface area (Å²) >= 11 is 0. The van der Waals surface area contributed by atoms with Gasteiger partial charge in [0.1, 0.15) is 0 Å². The van der Waals surface area contributed by atoms with Gasteiger partial charge < -0.3 is 5.11 Å². The van der Waals surface area contributed by atoms with E-state index in [1.807, 2.05) is 0 Å². The smallest absolute Gasteiger partial charge is 0.0749 e. The molecule has 2 heteroatoms. The maximum atomic E-state index is 10.8. The largest absolute Gasteiger partial charge is 0.391 e. The highest BCUT2D eigenvalue weighted by Gasteiger charge is 2.42. The average Bonchev–Trinajstić information content (AvgIpc) is 2.92. The van der Waals surface area contributed by atoms with Crippen molar-refractivity contribution in [1.29, 1.82) is 0 Å². The Morgan fingerprint density at radius 3 is 2.24 bits per heavy atom. The lowest BCUT2D eigenvalue weighted by Crippen LogP contribution is -2.55. The lowest BCUT2D eigenvalue weighted by atomic mass is 9.75. The molecule has 0 amide bonds. The van der Waals surface area contributed by atoms with Gasteiger partial charge in [0.05, 0.1) is 6.10 Å². The Bertz CT molecular complexity index is 231. The molecular weight excluding hydrogens is 210 g/mol. The van der Waals surface area contributed by atoms with Gasteiger partial charge in [0.25, 0.3) is 0 Å². The molecule has 1 N–H and O–H groups in total. The summed E-state index contributed by atoms with van der Waals surface area (Å²) in [4.78, 5) is 2.55. The maximum absolute atomic E-state index is 10.8. The summed E-state index contributed by atoms with van der Waals surface area (Å²) in [6, 6.07) is 0. The summed E-state index contributed by atoms with van der Waals surface area (Å²) in [6.45, 7) is 6.91. The van der Waals surface area contributed by atoms with Crippen LogP contribution in [0.1, 0.15) is 65.2 Å². The molecule has 1 saturated carbocycles. The van der Waals surface area contributed by atoms with Gasteiger partial charge in [-0.25, -0.2) is 0 Å². The van der Waals surface area contributed by atoms with Crippen molar-refractivity contribution in [2.24, 2.45) is 5.92 Å². The van der Waals surface area contributed by atoms with Crippen molar-refractivity contribution in [3.8, 4) is 0 Å². The molecule has 1 aliphatic heterocycles. The molecule has 0 bridgehead atoms. The third-order valence-electron chi connectivity index (χ3n) is 5.28. The molecule has 0 spiro atoms. The van der Waals surface area contributed by atoms with Gasteiger partial charge in [-0.1, -0.05) is 26.2 Å². The van der Waals surface area contributed by atoms with E-state index < -0.39 is 0 Å². The van der Waals surface area contributed by atoms with Crippen LogP contribution in [0.4, 0.5) is 0 Å². The molecule has 0 aromatic carbocycles. The number of likely N-dealkylation sites (tertiary alicyclic amines) is 1. The standard InChI is InChI=1S/C15H29NO/c1-3-15(2,16-11-7-8-12-16)14(17)13-9-5-4-6-10-13/h13-14,17H,3-12H2,1-2H3. The monoisotopic (exact) mass is 239 g/mol. The lowest BCUT2D eigenvalue weighted by Gasteiger charge is -2.45. The van der Waals surface area contributed by atoms with E-state index in [1.165, 1.54) is 58.0 Å². The van der Waals surface area contributed by atoms with Gasteiger partial charge in [-0.3, -0.25) is 4.90 Å². The van der Waals surface area contributed by atoms with Crippen LogP contribution < -0.4 is 0 Å². The van der Waals surface area contributed by atoms with Crippen molar-refractivity contribution < 1.29 is 5.11 Å². The zero-order valence-electron chi connectivity index (χ0n) is 11.6. The van der Waals surface area contributed by atoms with Gasteiger partial charge in [0.15, 0.2) is 0 Å². The molecule has 2 rings (SSSR count). The van der Waals surface area contributed by atoms with Crippen molar-refractivity contribution in [1.82, 2.24) is 4.90 Å². The Kier molecular flexibility index (Phi) is 4.48. The van der Waals surface area contributed by atoms with Crippen LogP contribution in [-0.2, 0) is 0 Å². The first-order valence-electron chi connectivity index (χ1n) is 7.61. The van der Waals surface area contributed by atoms with Gasteiger partial charge in [-0.05, 0) is 58.0 Å². The van der Waals surface area contributed by atoms with Crippen molar-refractivity contribution in [3.05, 3.63) is 0 Å². The first kappa shape index (κ1) is 13.4. The number of hydrogen-bond acceptors (Lipinski definition) is 2. The molecule has 0 radical (unpaired) electrons. The van der Waals surface area contributed by atoms with E-state index in [0.717, 1.165) is 6.42 Å². The predicted molar refractivity (Wildman–Crippen MR) is 72.1 cm³/mol. The van der Waals surface area contributed by atoms with Crippen molar-refractivity contribution in [2.75, 3.05) is 13.1 Å². The maximum Gasteiger partial charge on any atom is 0.0749 e. The lowest BCUT2D eigenvalue weighted by molar-refractivity contribution is -0.0537. The fourth-order valence-corrected chi connectivity index (χ4v) is 3.81. The van der Waals surface area contributed by atoms with Gasteiger partial charge in [-0.2, -0.15) is 0 Å². The number of aliphatic hydroxyl groups excluding tert-OH is 1. The second kappa shape index (κ2) is 5.71. The summed E-state index contributed by atoms with van der Waals surface area (Å²) in [5, 5.41) is 10.8. The summed E-state index contributed by atoms with van der Waals surface area (Å²) < 4.78 is 0. The molecule has 1 aliphatic carbocycles. The third kappa shape index (κ3) is 2.68. The van der Waals surface area contributed by atoms with E-state index in [4.69, 9.17) is 0 Å². The normalized spacial score (nSPS) is 29.1. The van der Waals surface area contributed by atoms with Crippen LogP contribution in [-0.4, -0.2) is 34.7 Å². The van der Waals surface area contributed by atoms with E-state index >= 15 is 0 Å². The Labute approximate surface area is 106 Å². The average molecular weight is 239 g/mol. The van der Waals surface area contributed by atoms with Crippen LogP contribution in [0.3, 0.4) is 0 Å². The number of aliphatic hydroxyl groups is 1. The molecule has 17 heavy (non-hydrogen) atoms. The predicted octanol–water partition coefficient (Wildman–Crippen LogP) is 3.19. The van der Waals surface area contributed by atoms with Crippen LogP contribution in [0.5, 0.6) is 0 Å². The molecular formula is C15H29NO. The van der Waals surface area contributed by atoms with E-state index in [0.29, 0.717) is 5.92 Å². The van der Waals surface area contributed by atoms with Crippen LogP contribution in [0, 0.1) is 5.92 Å². The van der Waals surface area contributed by atoms with E-state index in [9.17, 15) is 5.11 Å². The minimum Gasteiger partial charge on any atom is -0.391 e. The molecule has 2 nitrogen and oxygen atoms in total. The van der Waals surface area contributed by atoms with Crippen molar-refractivity contribution in [2.45, 2.75) is 76.9 Å². The molecule has 1 heterocycles. The Balaban J connectivity index is 2.04. The van der Waals surface area contributed by atoms with Gasteiger partial charge in [0.2, 0.25) is 0 Å². The molecule has 2 atom stereocenters. The summed E-state index contributed by atoms with van der Waals surface area (Å²) in [5.74, 6) is 0.550. The third-order valence-corrected chi connectivity index (χ3v) is 5.28. The Morgan fingerprint density at radius 1 is 1.12 bits per heavy atom. The first-order valence-corrected chi connectivity index (χ1v) is 7.61. The second-order valence-electron chi connectivity index (χ2n) is 6.25. The Morgan fingerprint density at radius 2 is 1.71 bits per heavy atom. The summed E-state index contributed by atoms with van der Waals surface area (Å²) in [7, 11) is 0. The van der Waals surface area contributed by atoms with E-state index in [1.54, 1.807) is 0 Å². The van der Waals surface area contributed by atoms with E-state index in [-0.39, 0.29) is 11.6 Å². The Hall–Kier alpha value is -0.0800. The SMILES string of the molecule is CCC(C)(C(O)C1CCCCC1)N1CCCC1. The van der Waals surface area contributed by atoms with Gasteiger partial charge in [-0.15, -0.1) is 0 Å². The van der Waals surface area contributed by atoms with Crippen LogP contribution in [0.25, 0.3) is 0 Å². The fourth-order valence-electron chi connectivity index (χ4n) is 3.81. The molecule has 1 saturated heterocycles. The van der Waals surface area contributed by atoms with Gasteiger partial charge >= 0.3 is 0 Å². The minimum absolute atomic E-state index is 0.0263. The minimum atomic E-state index is -0.120. The first-order chi connectivity index (χ1) is 8.18. The van der Waals surface area contributed by atoms with Crippen LogP contribution in [0.15, 0.2) is 0 Å². The molecule has 100 valence electrons. The van der Waals surface area contributed by atoms with E-state index in [2.05, 4.69) is 18.7 Å². The number of hydrogen-bond donors (Lipinski definition) is 1. The zero-order chi connectivity index (χ0) is 12.3. The van der Waals surface area contributed by atoms with Crippen molar-refractivity contribution >= 4 is 0 Å². The van der Waals surface area contributed by atoms with Crippen LogP contribution >= 0.6 is 0 Å². The highest BCUT2D eigenvalue weighted by atomic mass is 16.3. The fraction of sp³-hybridized carbons (Fsp3) is 1.00. The number of rotatable bonds is 4. The molecule has 0 aromatic heterocycles. The molecule has 2 unspecified atom stereocenters. The van der Waals surface area contributed by atoms with Crippen molar-refractivity contribution in [3.63, 3.8) is 0 Å². The molecule has 2 fully saturated rings. The molecule has 2 aliphatic rings. The summed E-state index contributed by atoms with van der Waals surface area (Å²) in [6.07, 6.45) is 10.1. The number of nitrogens with zero attached hydrogens (tertiary/aromatic N) is 1. The highest BCUT2D eigenvalue weighted by molar-refractivity contribution is 4.97. The zero-order valence-corrected chi connectivity index (χ0v) is 11.6. The summed E-state index contributed by atoms with van der Waals surface area (Å²) in [5.41, 5.74) is 0.0263. The quantitative estimate of drug-likeness (QED) is 0.814.